The molecule has 3 aromatic rings. The second-order valence-electron chi connectivity index (χ2n) is 8.03. The van der Waals surface area contributed by atoms with Crippen LogP contribution in [0, 0.1) is 17.1 Å². The molecule has 0 bridgehead atoms. The van der Waals surface area contributed by atoms with Gasteiger partial charge in [-0.3, -0.25) is 4.98 Å². The van der Waals surface area contributed by atoms with E-state index in [1.54, 1.807) is 24.5 Å². The Morgan fingerprint density at radius 2 is 1.91 bits per heavy atom. The summed E-state index contributed by atoms with van der Waals surface area (Å²) in [6.45, 7) is 0.884. The van der Waals surface area contributed by atoms with Gasteiger partial charge in [0.1, 0.15) is 11.9 Å². The molecule has 32 heavy (non-hydrogen) atoms. The van der Waals surface area contributed by atoms with E-state index in [4.69, 9.17) is 0 Å². The van der Waals surface area contributed by atoms with E-state index in [-0.39, 0.29) is 11.6 Å². The number of nitriles is 1. The SMILES string of the molecule is CN(C)S(=O)(=O)N1CCC(Nc2cc(-c3ccc(F)c(C#N)c3)cc3ccncc23)CC1. The third-order valence-corrected chi connectivity index (χ3v) is 7.72. The van der Waals surface area contributed by atoms with Crippen molar-refractivity contribution in [3.63, 3.8) is 0 Å². The van der Waals surface area contributed by atoms with Crippen molar-refractivity contribution in [1.82, 2.24) is 13.6 Å². The summed E-state index contributed by atoms with van der Waals surface area (Å²) in [5.74, 6) is -0.543. The van der Waals surface area contributed by atoms with E-state index < -0.39 is 16.0 Å². The summed E-state index contributed by atoms with van der Waals surface area (Å²) in [5.41, 5.74) is 2.48. The normalized spacial score (nSPS) is 15.7. The van der Waals surface area contributed by atoms with Gasteiger partial charge in [-0.25, -0.2) is 4.39 Å². The van der Waals surface area contributed by atoms with Crippen molar-refractivity contribution >= 4 is 26.7 Å². The Morgan fingerprint density at radius 1 is 1.16 bits per heavy atom. The van der Waals surface area contributed by atoms with Crippen molar-refractivity contribution in [3.8, 4) is 17.2 Å². The van der Waals surface area contributed by atoms with E-state index >= 15 is 0 Å². The number of hydrogen-bond donors (Lipinski definition) is 1. The molecule has 1 fully saturated rings. The monoisotopic (exact) mass is 453 g/mol. The number of rotatable bonds is 5. The first-order valence-corrected chi connectivity index (χ1v) is 11.7. The molecule has 0 atom stereocenters. The first kappa shape index (κ1) is 22.1. The molecular weight excluding hydrogens is 429 g/mol. The van der Waals surface area contributed by atoms with Gasteiger partial charge in [0, 0.05) is 56.7 Å². The molecule has 1 aliphatic heterocycles. The van der Waals surface area contributed by atoms with Crippen LogP contribution in [-0.2, 0) is 10.2 Å². The van der Waals surface area contributed by atoms with Crippen molar-refractivity contribution in [1.29, 1.82) is 5.26 Å². The minimum Gasteiger partial charge on any atom is -0.382 e. The average Bonchev–Trinajstić information content (AvgIpc) is 2.79. The van der Waals surface area contributed by atoms with Crippen molar-refractivity contribution in [3.05, 3.63) is 60.2 Å². The zero-order chi connectivity index (χ0) is 22.9. The first-order chi connectivity index (χ1) is 15.3. The molecule has 1 saturated heterocycles. The van der Waals surface area contributed by atoms with Gasteiger partial charge in [-0.1, -0.05) is 6.07 Å². The molecular formula is C23H24FN5O2S. The lowest BCUT2D eigenvalue weighted by atomic mass is 9.98. The molecule has 0 unspecified atom stereocenters. The number of halogens is 1. The number of nitrogens with one attached hydrogen (secondary N) is 1. The Bertz CT molecular complexity index is 1300. The second-order valence-corrected chi connectivity index (χ2v) is 10.2. The van der Waals surface area contributed by atoms with Crippen molar-refractivity contribution < 1.29 is 12.8 Å². The number of hydrogen-bond acceptors (Lipinski definition) is 5. The highest BCUT2D eigenvalue weighted by Gasteiger charge is 2.29. The largest absolute Gasteiger partial charge is 0.382 e. The summed E-state index contributed by atoms with van der Waals surface area (Å²) in [6.07, 6.45) is 4.85. The van der Waals surface area contributed by atoms with Gasteiger partial charge in [0.05, 0.1) is 5.56 Å². The summed E-state index contributed by atoms with van der Waals surface area (Å²) in [7, 11) is -0.334. The maximum absolute atomic E-state index is 13.8. The maximum Gasteiger partial charge on any atom is 0.281 e. The molecule has 2 heterocycles. The molecule has 0 aliphatic carbocycles. The molecule has 1 aliphatic rings. The highest BCUT2D eigenvalue weighted by molar-refractivity contribution is 7.86. The molecule has 0 amide bonds. The third-order valence-electron chi connectivity index (χ3n) is 5.78. The van der Waals surface area contributed by atoms with E-state index in [1.165, 1.54) is 28.8 Å². The van der Waals surface area contributed by atoms with Gasteiger partial charge in [-0.15, -0.1) is 0 Å². The Hall–Kier alpha value is -3.06. The first-order valence-electron chi connectivity index (χ1n) is 10.3. The number of pyridine rings is 1. The Balaban J connectivity index is 1.63. The van der Waals surface area contributed by atoms with Crippen LogP contribution < -0.4 is 5.32 Å². The predicted molar refractivity (Wildman–Crippen MR) is 123 cm³/mol. The standard InChI is InChI=1S/C23H24FN5O2S/c1-28(2)32(30,31)29-9-6-20(7-10-29)27-23-13-18(12-17-5-8-26-15-21(17)23)16-3-4-22(24)19(11-16)14-25/h3-5,8,11-13,15,20,27H,6-7,9-10H2,1-2H3. The van der Waals surface area contributed by atoms with Crippen molar-refractivity contribution in [2.75, 3.05) is 32.5 Å². The number of benzene rings is 2. The van der Waals surface area contributed by atoms with Gasteiger partial charge >= 0.3 is 0 Å². The van der Waals surface area contributed by atoms with Crippen LogP contribution in [0.25, 0.3) is 21.9 Å². The number of nitrogens with zero attached hydrogens (tertiary/aromatic N) is 4. The number of piperidine rings is 1. The lowest BCUT2D eigenvalue weighted by molar-refractivity contribution is 0.311. The lowest BCUT2D eigenvalue weighted by Gasteiger charge is -2.33. The van der Waals surface area contributed by atoms with Crippen LogP contribution in [0.3, 0.4) is 0 Å². The highest BCUT2D eigenvalue weighted by atomic mass is 32.2. The van der Waals surface area contributed by atoms with Crippen molar-refractivity contribution in [2.45, 2.75) is 18.9 Å². The molecule has 1 aromatic heterocycles. The smallest absolute Gasteiger partial charge is 0.281 e. The Morgan fingerprint density at radius 3 is 2.59 bits per heavy atom. The lowest BCUT2D eigenvalue weighted by Crippen LogP contribution is -2.46. The average molecular weight is 454 g/mol. The van der Waals surface area contributed by atoms with Crippen LogP contribution in [0.2, 0.25) is 0 Å². The fourth-order valence-electron chi connectivity index (χ4n) is 3.96. The van der Waals surface area contributed by atoms with Crippen LogP contribution in [0.1, 0.15) is 18.4 Å². The third kappa shape index (κ3) is 4.30. The van der Waals surface area contributed by atoms with Gasteiger partial charge in [-0.05, 0) is 59.7 Å². The zero-order valence-corrected chi connectivity index (χ0v) is 18.7. The van der Waals surface area contributed by atoms with Crippen LogP contribution in [0.4, 0.5) is 10.1 Å². The van der Waals surface area contributed by atoms with E-state index in [2.05, 4.69) is 10.3 Å². The van der Waals surface area contributed by atoms with Gasteiger partial charge in [0.2, 0.25) is 0 Å². The van der Waals surface area contributed by atoms with Gasteiger partial charge < -0.3 is 5.32 Å². The van der Waals surface area contributed by atoms with Crippen LogP contribution in [0.15, 0.2) is 48.8 Å². The van der Waals surface area contributed by atoms with E-state index in [1.807, 2.05) is 24.3 Å². The van der Waals surface area contributed by atoms with Crippen LogP contribution in [0.5, 0.6) is 0 Å². The molecule has 166 valence electrons. The molecule has 7 nitrogen and oxygen atoms in total. The Labute approximate surface area is 187 Å². The van der Waals surface area contributed by atoms with Gasteiger partial charge in [-0.2, -0.15) is 22.3 Å². The maximum atomic E-state index is 13.8. The fraction of sp³-hybridized carbons (Fsp3) is 0.304. The summed E-state index contributed by atoms with van der Waals surface area (Å²) in [4.78, 5) is 4.25. The van der Waals surface area contributed by atoms with Crippen LogP contribution in [-0.4, -0.2) is 55.2 Å². The number of anilines is 1. The summed E-state index contributed by atoms with van der Waals surface area (Å²) >= 11 is 0. The quantitative estimate of drug-likeness (QED) is 0.638. The number of fused-ring (bicyclic) bond motifs is 1. The highest BCUT2D eigenvalue weighted by Crippen LogP contribution is 2.33. The topological polar surface area (TPSA) is 89.3 Å². The van der Waals surface area contributed by atoms with Gasteiger partial charge in [0.25, 0.3) is 10.2 Å². The second kappa shape index (κ2) is 8.82. The Kier molecular flexibility index (Phi) is 6.11. The number of aromatic nitrogens is 1. The van der Waals surface area contributed by atoms with E-state index in [9.17, 15) is 18.1 Å². The predicted octanol–water partition coefficient (Wildman–Crippen LogP) is 3.60. The summed E-state index contributed by atoms with van der Waals surface area (Å²) in [6, 6.07) is 12.4. The molecule has 4 rings (SSSR count). The van der Waals surface area contributed by atoms with E-state index in [0.717, 1.165) is 27.6 Å². The molecule has 1 N–H and O–H groups in total. The minimum atomic E-state index is -3.41. The zero-order valence-electron chi connectivity index (χ0n) is 17.9. The molecule has 0 spiro atoms. The van der Waals surface area contributed by atoms with E-state index in [0.29, 0.717) is 25.9 Å². The molecule has 0 radical (unpaired) electrons. The van der Waals surface area contributed by atoms with Gasteiger partial charge in [0.15, 0.2) is 0 Å². The summed E-state index contributed by atoms with van der Waals surface area (Å²) < 4.78 is 41.3. The molecule has 0 saturated carbocycles. The van der Waals surface area contributed by atoms with Crippen molar-refractivity contribution in [2.24, 2.45) is 0 Å². The molecule has 2 aromatic carbocycles. The molecule has 9 heteroatoms. The van der Waals surface area contributed by atoms with Crippen LogP contribution >= 0.6 is 0 Å². The summed E-state index contributed by atoms with van der Waals surface area (Å²) in [5, 5.41) is 14.7. The fourth-order valence-corrected chi connectivity index (χ4v) is 5.09. The minimum absolute atomic E-state index is 0.00121.